The first kappa shape index (κ1) is 12.2. The third-order valence-corrected chi connectivity index (χ3v) is 3.79. The zero-order valence-electron chi connectivity index (χ0n) is 10.2. The highest BCUT2D eigenvalue weighted by atomic mass is 35.5. The maximum absolute atomic E-state index is 10.6. The lowest BCUT2D eigenvalue weighted by atomic mass is 9.99. The van der Waals surface area contributed by atoms with Gasteiger partial charge in [0.25, 0.3) is 5.69 Å². The Balaban J connectivity index is 2.02. The molecule has 0 spiro atoms. The number of aromatic nitrogens is 2. The molecule has 98 valence electrons. The van der Waals surface area contributed by atoms with Gasteiger partial charge in [-0.1, -0.05) is 11.6 Å². The number of benzene rings is 1. The van der Waals surface area contributed by atoms with Crippen molar-refractivity contribution in [3.05, 3.63) is 50.8 Å². The molecule has 0 N–H and O–H groups in total. The highest BCUT2D eigenvalue weighted by molar-refractivity contribution is 6.30. The fourth-order valence-corrected chi connectivity index (χ4v) is 2.74. The Morgan fingerprint density at radius 1 is 1.21 bits per heavy atom. The van der Waals surface area contributed by atoms with Crippen LogP contribution in [0.2, 0.25) is 5.15 Å². The minimum absolute atomic E-state index is 0.0665. The largest absolute Gasteiger partial charge is 0.269 e. The fraction of sp³-hybridized carbons (Fsp3) is 0.308. The van der Waals surface area contributed by atoms with Crippen molar-refractivity contribution in [2.45, 2.75) is 25.7 Å². The molecule has 0 saturated carbocycles. The standard InChI is InChI=1S/C13H12ClN3O2/c14-13-11-3-1-2-4-12(11)15-16(13)9-5-7-10(8-6-9)17(18)19/h5-8H,1-4H2. The Bertz CT molecular complexity index is 634. The van der Waals surface area contributed by atoms with E-state index in [1.165, 1.54) is 12.1 Å². The van der Waals surface area contributed by atoms with Crippen LogP contribution in [0.15, 0.2) is 24.3 Å². The van der Waals surface area contributed by atoms with Crippen molar-refractivity contribution in [1.82, 2.24) is 9.78 Å². The van der Waals surface area contributed by atoms with E-state index in [1.807, 2.05) is 0 Å². The molecule has 0 saturated heterocycles. The zero-order chi connectivity index (χ0) is 13.4. The van der Waals surface area contributed by atoms with Crippen molar-refractivity contribution in [3.63, 3.8) is 0 Å². The van der Waals surface area contributed by atoms with Gasteiger partial charge in [-0.05, 0) is 37.8 Å². The normalized spacial score (nSPS) is 14.2. The number of nitro groups is 1. The van der Waals surface area contributed by atoms with Crippen LogP contribution in [0.5, 0.6) is 0 Å². The van der Waals surface area contributed by atoms with Crippen LogP contribution in [-0.2, 0) is 12.8 Å². The van der Waals surface area contributed by atoms with E-state index in [2.05, 4.69) is 5.10 Å². The molecule has 0 bridgehead atoms. The molecule has 0 aliphatic heterocycles. The van der Waals surface area contributed by atoms with Gasteiger partial charge in [0.05, 0.1) is 16.3 Å². The molecule has 1 heterocycles. The van der Waals surface area contributed by atoms with Gasteiger partial charge in [0.1, 0.15) is 5.15 Å². The van der Waals surface area contributed by atoms with Crippen LogP contribution in [0.4, 0.5) is 5.69 Å². The van der Waals surface area contributed by atoms with Crippen molar-refractivity contribution < 1.29 is 4.92 Å². The third-order valence-electron chi connectivity index (χ3n) is 3.40. The van der Waals surface area contributed by atoms with E-state index in [1.54, 1.807) is 16.8 Å². The van der Waals surface area contributed by atoms with Crippen LogP contribution < -0.4 is 0 Å². The van der Waals surface area contributed by atoms with Gasteiger partial charge in [0.15, 0.2) is 0 Å². The molecule has 0 fully saturated rings. The van der Waals surface area contributed by atoms with E-state index in [4.69, 9.17) is 11.6 Å². The fourth-order valence-electron chi connectivity index (χ4n) is 2.40. The Labute approximate surface area is 115 Å². The van der Waals surface area contributed by atoms with Crippen LogP contribution in [0.3, 0.4) is 0 Å². The van der Waals surface area contributed by atoms with Crippen LogP contribution in [0.1, 0.15) is 24.1 Å². The second kappa shape index (κ2) is 4.66. The molecule has 6 heteroatoms. The molecule has 5 nitrogen and oxygen atoms in total. The Kier molecular flexibility index (Phi) is 2.98. The minimum atomic E-state index is -0.417. The van der Waals surface area contributed by atoms with E-state index in [0.29, 0.717) is 5.15 Å². The minimum Gasteiger partial charge on any atom is -0.258 e. The van der Waals surface area contributed by atoms with Gasteiger partial charge in [-0.15, -0.1) is 0 Å². The molecule has 19 heavy (non-hydrogen) atoms. The smallest absolute Gasteiger partial charge is 0.258 e. The highest BCUT2D eigenvalue weighted by Gasteiger charge is 2.20. The number of rotatable bonds is 2. The summed E-state index contributed by atoms with van der Waals surface area (Å²) in [5.41, 5.74) is 2.99. The lowest BCUT2D eigenvalue weighted by molar-refractivity contribution is -0.384. The molecule has 2 aromatic rings. The summed E-state index contributed by atoms with van der Waals surface area (Å²) in [6, 6.07) is 6.27. The van der Waals surface area contributed by atoms with Crippen LogP contribution in [0, 0.1) is 10.1 Å². The molecule has 3 rings (SSSR count). The molecule has 0 amide bonds. The molecule has 1 aromatic heterocycles. The van der Waals surface area contributed by atoms with Crippen LogP contribution in [0.25, 0.3) is 5.69 Å². The van der Waals surface area contributed by atoms with Crippen LogP contribution in [-0.4, -0.2) is 14.7 Å². The molecule has 0 radical (unpaired) electrons. The number of hydrogen-bond donors (Lipinski definition) is 0. The molecule has 0 unspecified atom stereocenters. The van der Waals surface area contributed by atoms with Gasteiger partial charge in [-0.25, -0.2) is 4.68 Å². The topological polar surface area (TPSA) is 61.0 Å². The first-order valence-corrected chi connectivity index (χ1v) is 6.55. The number of hydrogen-bond acceptors (Lipinski definition) is 3. The first-order valence-electron chi connectivity index (χ1n) is 6.18. The van der Waals surface area contributed by atoms with Crippen molar-refractivity contribution in [2.75, 3.05) is 0 Å². The third kappa shape index (κ3) is 2.10. The summed E-state index contributed by atoms with van der Waals surface area (Å²) in [4.78, 5) is 10.2. The maximum atomic E-state index is 10.6. The number of non-ortho nitro benzene ring substituents is 1. The summed E-state index contributed by atoms with van der Waals surface area (Å²) in [6.45, 7) is 0. The molecule has 0 atom stereocenters. The molecule has 1 aliphatic carbocycles. The van der Waals surface area contributed by atoms with Crippen molar-refractivity contribution in [3.8, 4) is 5.69 Å². The predicted octanol–water partition coefficient (Wildman–Crippen LogP) is 3.31. The van der Waals surface area contributed by atoms with E-state index in [9.17, 15) is 10.1 Å². The van der Waals surface area contributed by atoms with Crippen LogP contribution >= 0.6 is 11.6 Å². The predicted molar refractivity (Wildman–Crippen MR) is 71.9 cm³/mol. The SMILES string of the molecule is O=[N+]([O-])c1ccc(-n2nc3c(c2Cl)CCCC3)cc1. The number of nitrogens with zero attached hydrogens (tertiary/aromatic N) is 3. The van der Waals surface area contributed by atoms with E-state index < -0.39 is 4.92 Å². The van der Waals surface area contributed by atoms with Gasteiger partial charge in [0.2, 0.25) is 0 Å². The van der Waals surface area contributed by atoms with E-state index in [0.717, 1.165) is 42.6 Å². The summed E-state index contributed by atoms with van der Waals surface area (Å²) in [5, 5.41) is 15.8. The lowest BCUT2D eigenvalue weighted by Crippen LogP contribution is -2.00. The van der Waals surface area contributed by atoms with Gasteiger partial charge in [0, 0.05) is 17.7 Å². The summed E-state index contributed by atoms with van der Waals surface area (Å²) < 4.78 is 1.67. The number of fused-ring (bicyclic) bond motifs is 1. The van der Waals surface area contributed by atoms with Gasteiger partial charge in [-0.3, -0.25) is 10.1 Å². The van der Waals surface area contributed by atoms with Gasteiger partial charge >= 0.3 is 0 Å². The Hall–Kier alpha value is -1.88. The van der Waals surface area contributed by atoms with Crippen molar-refractivity contribution in [2.24, 2.45) is 0 Å². The quantitative estimate of drug-likeness (QED) is 0.625. The lowest BCUT2D eigenvalue weighted by Gasteiger charge is -2.07. The second-order valence-electron chi connectivity index (χ2n) is 4.61. The summed E-state index contributed by atoms with van der Waals surface area (Å²) >= 11 is 6.35. The average molecular weight is 278 g/mol. The van der Waals surface area contributed by atoms with Crippen molar-refractivity contribution >= 4 is 17.3 Å². The van der Waals surface area contributed by atoms with Gasteiger partial charge < -0.3 is 0 Å². The number of aryl methyl sites for hydroxylation is 1. The zero-order valence-corrected chi connectivity index (χ0v) is 10.9. The molecule has 1 aromatic carbocycles. The van der Waals surface area contributed by atoms with Crippen molar-refractivity contribution in [1.29, 1.82) is 0 Å². The Morgan fingerprint density at radius 2 is 1.89 bits per heavy atom. The molecule has 1 aliphatic rings. The molecular formula is C13H12ClN3O2. The monoisotopic (exact) mass is 277 g/mol. The Morgan fingerprint density at radius 3 is 2.53 bits per heavy atom. The maximum Gasteiger partial charge on any atom is 0.269 e. The molecular weight excluding hydrogens is 266 g/mol. The van der Waals surface area contributed by atoms with E-state index in [-0.39, 0.29) is 5.69 Å². The van der Waals surface area contributed by atoms with Gasteiger partial charge in [-0.2, -0.15) is 5.10 Å². The second-order valence-corrected chi connectivity index (χ2v) is 4.97. The van der Waals surface area contributed by atoms with E-state index >= 15 is 0 Å². The average Bonchev–Trinajstić information content (AvgIpc) is 2.77. The summed E-state index contributed by atoms with van der Waals surface area (Å²) in [6.07, 6.45) is 4.19. The number of nitro benzene ring substituents is 1. The highest BCUT2D eigenvalue weighted by Crippen LogP contribution is 2.29. The summed E-state index contributed by atoms with van der Waals surface area (Å²) in [5.74, 6) is 0. The summed E-state index contributed by atoms with van der Waals surface area (Å²) in [7, 11) is 0. The number of halogens is 1. The first-order chi connectivity index (χ1) is 9.16.